The zero-order valence-electron chi connectivity index (χ0n) is 9.77. The molecule has 17 heavy (non-hydrogen) atoms. The number of aromatic nitrogens is 1. The molecule has 0 fully saturated rings. The number of benzene rings is 1. The zero-order valence-corrected chi connectivity index (χ0v) is 10.6. The summed E-state index contributed by atoms with van der Waals surface area (Å²) in [7, 11) is 0. The summed E-state index contributed by atoms with van der Waals surface area (Å²) in [6, 6.07) is 6.14. The zero-order chi connectivity index (χ0) is 12.3. The summed E-state index contributed by atoms with van der Waals surface area (Å²) < 4.78 is 0. The molecule has 2 aromatic rings. The number of hydrogen-bond acceptors (Lipinski definition) is 5. The molecule has 4 nitrogen and oxygen atoms in total. The molecule has 0 aliphatic heterocycles. The molecule has 0 spiro atoms. The van der Waals surface area contributed by atoms with Crippen LogP contribution in [-0.2, 0) is 0 Å². The normalized spacial score (nSPS) is 10.9. The first-order valence-corrected chi connectivity index (χ1v) is 6.11. The largest absolute Gasteiger partial charge is 0.383 e. The van der Waals surface area contributed by atoms with E-state index in [0.29, 0.717) is 10.9 Å². The molecule has 0 aliphatic carbocycles. The molecule has 3 N–H and O–H groups in total. The minimum absolute atomic E-state index is 0.513. The van der Waals surface area contributed by atoms with Gasteiger partial charge >= 0.3 is 0 Å². The average molecular weight is 246 g/mol. The Balaban J connectivity index is 2.08. The topological polar surface area (TPSA) is 63.3 Å². The second-order valence-electron chi connectivity index (χ2n) is 3.74. The van der Waals surface area contributed by atoms with Crippen molar-refractivity contribution in [2.45, 2.75) is 13.8 Å². The van der Waals surface area contributed by atoms with Crippen molar-refractivity contribution in [3.63, 3.8) is 0 Å². The second kappa shape index (κ2) is 4.97. The molecular formula is C12H14N4S. The molecular weight excluding hydrogens is 232 g/mol. The van der Waals surface area contributed by atoms with E-state index in [2.05, 4.69) is 35.4 Å². The fourth-order valence-corrected chi connectivity index (χ4v) is 1.96. The Morgan fingerprint density at radius 3 is 2.94 bits per heavy atom. The summed E-state index contributed by atoms with van der Waals surface area (Å²) in [6.45, 7) is 4.17. The van der Waals surface area contributed by atoms with E-state index in [1.807, 2.05) is 12.1 Å². The van der Waals surface area contributed by atoms with Gasteiger partial charge in [0.15, 0.2) is 0 Å². The van der Waals surface area contributed by atoms with Crippen LogP contribution < -0.4 is 11.2 Å². The third-order valence-corrected chi connectivity index (χ3v) is 3.30. The highest BCUT2D eigenvalue weighted by Gasteiger charge is 1.98. The van der Waals surface area contributed by atoms with Gasteiger partial charge in [-0.05, 0) is 30.5 Å². The number of nitrogens with zero attached hydrogens (tertiary/aromatic N) is 2. The monoisotopic (exact) mass is 246 g/mol. The highest BCUT2D eigenvalue weighted by molar-refractivity contribution is 7.14. The van der Waals surface area contributed by atoms with Gasteiger partial charge in [-0.15, -0.1) is 11.3 Å². The van der Waals surface area contributed by atoms with E-state index in [1.165, 1.54) is 22.5 Å². The number of rotatable bonds is 3. The van der Waals surface area contributed by atoms with Crippen LogP contribution >= 0.6 is 11.3 Å². The number of hydrogen-bond donors (Lipinski definition) is 2. The van der Waals surface area contributed by atoms with Gasteiger partial charge in [-0.3, -0.25) is 5.43 Å². The van der Waals surface area contributed by atoms with Gasteiger partial charge in [-0.2, -0.15) is 5.10 Å². The molecule has 1 aromatic heterocycles. The predicted octanol–water partition coefficient (Wildman–Crippen LogP) is 2.79. The Hall–Kier alpha value is -1.88. The predicted molar refractivity (Wildman–Crippen MR) is 73.7 cm³/mol. The number of thiazole rings is 1. The lowest BCUT2D eigenvalue weighted by Crippen LogP contribution is -1.94. The highest BCUT2D eigenvalue weighted by Crippen LogP contribution is 2.16. The van der Waals surface area contributed by atoms with Crippen molar-refractivity contribution in [1.29, 1.82) is 0 Å². The van der Waals surface area contributed by atoms with Gasteiger partial charge in [0.2, 0.25) is 5.13 Å². The van der Waals surface area contributed by atoms with Gasteiger partial charge in [-0.25, -0.2) is 4.98 Å². The van der Waals surface area contributed by atoms with Crippen LogP contribution in [0.3, 0.4) is 0 Å². The number of anilines is 2. The molecule has 0 radical (unpaired) electrons. The minimum Gasteiger partial charge on any atom is -0.383 e. The molecule has 0 atom stereocenters. The van der Waals surface area contributed by atoms with E-state index >= 15 is 0 Å². The molecule has 0 saturated carbocycles. The van der Waals surface area contributed by atoms with Crippen molar-refractivity contribution in [2.24, 2.45) is 5.10 Å². The summed E-state index contributed by atoms with van der Waals surface area (Å²) in [5.74, 6) is 0.513. The summed E-state index contributed by atoms with van der Waals surface area (Å²) >= 11 is 1.43. The highest BCUT2D eigenvalue weighted by atomic mass is 32.1. The maximum absolute atomic E-state index is 5.51. The molecule has 1 heterocycles. The second-order valence-corrected chi connectivity index (χ2v) is 4.59. The molecule has 0 bridgehead atoms. The number of aryl methyl sites for hydroxylation is 1. The van der Waals surface area contributed by atoms with Gasteiger partial charge in [0.1, 0.15) is 5.82 Å². The average Bonchev–Trinajstić information content (AvgIpc) is 2.70. The fourth-order valence-electron chi connectivity index (χ4n) is 1.41. The first kappa shape index (κ1) is 11.6. The summed E-state index contributed by atoms with van der Waals surface area (Å²) in [5.41, 5.74) is 12.0. The van der Waals surface area contributed by atoms with Crippen LogP contribution in [0.1, 0.15) is 16.7 Å². The molecule has 2 rings (SSSR count). The first-order valence-electron chi connectivity index (χ1n) is 5.23. The fraction of sp³-hybridized carbons (Fsp3) is 0.167. The van der Waals surface area contributed by atoms with E-state index < -0.39 is 0 Å². The maximum Gasteiger partial charge on any atom is 0.205 e. The SMILES string of the molecule is Cc1cccc(C=NNc2nc(N)cs2)c1C. The van der Waals surface area contributed by atoms with E-state index in [-0.39, 0.29) is 0 Å². The van der Waals surface area contributed by atoms with Crippen molar-refractivity contribution >= 4 is 28.5 Å². The van der Waals surface area contributed by atoms with Crippen LogP contribution in [0.2, 0.25) is 0 Å². The molecule has 5 heteroatoms. The Morgan fingerprint density at radius 2 is 2.24 bits per heavy atom. The third-order valence-electron chi connectivity index (χ3n) is 2.53. The number of nitrogen functional groups attached to an aromatic ring is 1. The van der Waals surface area contributed by atoms with Gasteiger partial charge in [-0.1, -0.05) is 18.2 Å². The summed E-state index contributed by atoms with van der Waals surface area (Å²) in [4.78, 5) is 4.05. The Morgan fingerprint density at radius 1 is 1.41 bits per heavy atom. The van der Waals surface area contributed by atoms with Gasteiger partial charge in [0.25, 0.3) is 0 Å². The van der Waals surface area contributed by atoms with E-state index in [9.17, 15) is 0 Å². The van der Waals surface area contributed by atoms with Crippen molar-refractivity contribution < 1.29 is 0 Å². The lowest BCUT2D eigenvalue weighted by Gasteiger charge is -2.02. The molecule has 0 amide bonds. The van der Waals surface area contributed by atoms with Crippen molar-refractivity contribution in [2.75, 3.05) is 11.2 Å². The summed E-state index contributed by atoms with van der Waals surface area (Å²) in [6.07, 6.45) is 1.79. The van der Waals surface area contributed by atoms with E-state index in [0.717, 1.165) is 5.56 Å². The van der Waals surface area contributed by atoms with Crippen LogP contribution in [0.25, 0.3) is 0 Å². The molecule has 1 aromatic carbocycles. The summed E-state index contributed by atoms with van der Waals surface area (Å²) in [5, 5.41) is 6.62. The third kappa shape index (κ3) is 2.82. The number of hydrazone groups is 1. The van der Waals surface area contributed by atoms with Crippen LogP contribution in [-0.4, -0.2) is 11.2 Å². The minimum atomic E-state index is 0.513. The van der Waals surface area contributed by atoms with Gasteiger partial charge in [0, 0.05) is 5.38 Å². The molecule has 0 aliphatic rings. The van der Waals surface area contributed by atoms with Crippen LogP contribution in [0.15, 0.2) is 28.7 Å². The van der Waals surface area contributed by atoms with Gasteiger partial charge < -0.3 is 5.73 Å². The van der Waals surface area contributed by atoms with E-state index in [4.69, 9.17) is 5.73 Å². The van der Waals surface area contributed by atoms with Crippen LogP contribution in [0, 0.1) is 13.8 Å². The first-order chi connectivity index (χ1) is 8.16. The Kier molecular flexibility index (Phi) is 3.39. The van der Waals surface area contributed by atoms with Crippen molar-refractivity contribution in [3.05, 3.63) is 40.3 Å². The standard InChI is InChI=1S/C12H14N4S/c1-8-4-3-5-10(9(8)2)6-14-16-12-15-11(13)7-17-12/h3-7H,13H2,1-2H3,(H,15,16). The van der Waals surface area contributed by atoms with Crippen LogP contribution in [0.4, 0.5) is 10.9 Å². The van der Waals surface area contributed by atoms with Gasteiger partial charge in [0.05, 0.1) is 6.21 Å². The van der Waals surface area contributed by atoms with Crippen molar-refractivity contribution in [1.82, 2.24) is 4.98 Å². The maximum atomic E-state index is 5.51. The van der Waals surface area contributed by atoms with Crippen LogP contribution in [0.5, 0.6) is 0 Å². The van der Waals surface area contributed by atoms with E-state index in [1.54, 1.807) is 11.6 Å². The molecule has 0 saturated heterocycles. The lowest BCUT2D eigenvalue weighted by atomic mass is 10.0. The van der Waals surface area contributed by atoms with Crippen molar-refractivity contribution in [3.8, 4) is 0 Å². The quantitative estimate of drug-likeness (QED) is 0.646. The molecule has 88 valence electrons. The lowest BCUT2D eigenvalue weighted by molar-refractivity contribution is 1.28. The molecule has 0 unspecified atom stereocenters. The Labute approximate surface area is 104 Å². The number of nitrogens with two attached hydrogens (primary N) is 1. The Bertz CT molecular complexity index is 545. The number of nitrogens with one attached hydrogen (secondary N) is 1. The smallest absolute Gasteiger partial charge is 0.205 e.